The van der Waals surface area contributed by atoms with Crippen LogP contribution >= 0.6 is 0 Å². The molecule has 0 radical (unpaired) electrons. The highest BCUT2D eigenvalue weighted by molar-refractivity contribution is 6.74. The van der Waals surface area contributed by atoms with Crippen LogP contribution in [0.2, 0.25) is 0 Å². The molecule has 4 nitrogen and oxygen atoms in total. The number of benzene rings is 1. The van der Waals surface area contributed by atoms with Gasteiger partial charge >= 0.3 is 6.98 Å². The van der Waals surface area contributed by atoms with E-state index in [0.717, 1.165) is 6.07 Å². The van der Waals surface area contributed by atoms with Gasteiger partial charge in [-0.3, -0.25) is 4.68 Å². The second-order valence-corrected chi connectivity index (χ2v) is 3.85. The molecule has 0 N–H and O–H groups in total. The van der Waals surface area contributed by atoms with Crippen molar-refractivity contribution in [2.75, 3.05) is 0 Å². The second kappa shape index (κ2) is 4.91. The van der Waals surface area contributed by atoms with Crippen molar-refractivity contribution < 1.29 is 22.1 Å². The Bertz CT molecular complexity index is 584. The molecule has 0 saturated carbocycles. The molecule has 0 aliphatic heterocycles. The Hall–Kier alpha value is -2.06. The molecule has 0 fully saturated rings. The van der Waals surface area contributed by atoms with Gasteiger partial charge in [-0.2, -0.15) is 5.10 Å². The SMILES string of the molecule is Cn1ncnc1COc1cc(F)ccc1[B-](F)(F)F. The van der Waals surface area contributed by atoms with Gasteiger partial charge in [0.25, 0.3) is 0 Å². The van der Waals surface area contributed by atoms with Gasteiger partial charge in [0, 0.05) is 13.1 Å². The van der Waals surface area contributed by atoms with Crippen molar-refractivity contribution in [3.8, 4) is 5.75 Å². The topological polar surface area (TPSA) is 39.9 Å². The van der Waals surface area contributed by atoms with E-state index in [9.17, 15) is 17.3 Å². The lowest BCUT2D eigenvalue weighted by Crippen LogP contribution is -2.35. The van der Waals surface area contributed by atoms with E-state index < -0.39 is 24.0 Å². The van der Waals surface area contributed by atoms with Crippen LogP contribution in [0, 0.1) is 5.82 Å². The number of hydrogen-bond acceptors (Lipinski definition) is 3. The number of hydrogen-bond donors (Lipinski definition) is 0. The van der Waals surface area contributed by atoms with Gasteiger partial charge in [0.05, 0.1) is 5.75 Å². The highest BCUT2D eigenvalue weighted by Crippen LogP contribution is 2.19. The van der Waals surface area contributed by atoms with Gasteiger partial charge in [-0.05, 0) is 6.07 Å². The predicted molar refractivity (Wildman–Crippen MR) is 60.4 cm³/mol. The van der Waals surface area contributed by atoms with Gasteiger partial charge in [0.2, 0.25) is 0 Å². The molecule has 0 aliphatic rings. The summed E-state index contributed by atoms with van der Waals surface area (Å²) in [7, 11) is 1.58. The summed E-state index contributed by atoms with van der Waals surface area (Å²) in [4.78, 5) is 3.80. The highest BCUT2D eigenvalue weighted by atomic mass is 19.4. The van der Waals surface area contributed by atoms with E-state index in [1.54, 1.807) is 7.05 Å². The van der Waals surface area contributed by atoms with Crippen LogP contribution < -0.4 is 10.2 Å². The van der Waals surface area contributed by atoms with Crippen molar-refractivity contribution in [1.29, 1.82) is 0 Å². The Labute approximate surface area is 106 Å². The maximum absolute atomic E-state index is 13.0. The fourth-order valence-corrected chi connectivity index (χ4v) is 1.50. The molecular formula is C10H9BF4N3O-. The normalized spacial score (nSPS) is 11.6. The Morgan fingerprint density at radius 3 is 2.63 bits per heavy atom. The summed E-state index contributed by atoms with van der Waals surface area (Å²) in [6.45, 7) is -5.49. The van der Waals surface area contributed by atoms with Crippen LogP contribution in [-0.4, -0.2) is 21.7 Å². The number of aryl methyl sites for hydroxylation is 1. The molecule has 0 spiro atoms. The van der Waals surface area contributed by atoms with E-state index in [0.29, 0.717) is 18.0 Å². The van der Waals surface area contributed by atoms with Crippen LogP contribution in [0.1, 0.15) is 5.82 Å². The summed E-state index contributed by atoms with van der Waals surface area (Å²) in [5.41, 5.74) is -0.969. The smallest absolute Gasteiger partial charge is 0.489 e. The highest BCUT2D eigenvalue weighted by Gasteiger charge is 2.29. The molecule has 1 aromatic heterocycles. The minimum Gasteiger partial charge on any atom is -0.489 e. The van der Waals surface area contributed by atoms with E-state index in [1.165, 1.54) is 11.0 Å². The van der Waals surface area contributed by atoms with Gasteiger partial charge in [0.15, 0.2) is 5.82 Å². The molecule has 0 bridgehead atoms. The van der Waals surface area contributed by atoms with Gasteiger partial charge in [-0.15, -0.1) is 0 Å². The average molecular weight is 274 g/mol. The Kier molecular flexibility index (Phi) is 3.45. The summed E-state index contributed by atoms with van der Waals surface area (Å²) in [5, 5.41) is 3.75. The van der Waals surface area contributed by atoms with E-state index >= 15 is 0 Å². The van der Waals surface area contributed by atoms with E-state index in [4.69, 9.17) is 4.74 Å². The number of halogens is 4. The molecule has 102 valence electrons. The molecule has 2 rings (SSSR count). The first kappa shape index (κ1) is 13.4. The maximum Gasteiger partial charge on any atom is 0.513 e. The lowest BCUT2D eigenvalue weighted by atomic mass is 9.79. The van der Waals surface area contributed by atoms with Gasteiger partial charge in [-0.1, -0.05) is 11.5 Å². The van der Waals surface area contributed by atoms with Crippen molar-refractivity contribution >= 4 is 12.4 Å². The Morgan fingerprint density at radius 1 is 1.32 bits per heavy atom. The molecule has 0 atom stereocenters. The standard InChI is InChI=1S/C10H9BF4N3O/c1-18-10(16-6-17-18)5-19-9-4-7(12)2-3-8(9)11(13,14)15/h2-4,6H,5H2,1H3/q-1. The zero-order chi connectivity index (χ0) is 14.0. The summed E-state index contributed by atoms with van der Waals surface area (Å²) in [5.74, 6) is -1.00. The molecule has 9 heteroatoms. The number of ether oxygens (including phenoxy) is 1. The molecule has 0 aliphatic carbocycles. The lowest BCUT2D eigenvalue weighted by molar-refractivity contribution is 0.289. The monoisotopic (exact) mass is 274 g/mol. The zero-order valence-electron chi connectivity index (χ0n) is 9.86. The van der Waals surface area contributed by atoms with Crippen LogP contribution in [0.5, 0.6) is 5.75 Å². The summed E-state index contributed by atoms with van der Waals surface area (Å²) in [6.07, 6.45) is 1.25. The largest absolute Gasteiger partial charge is 0.513 e. The van der Waals surface area contributed by atoms with Crippen molar-refractivity contribution in [2.24, 2.45) is 7.05 Å². The van der Waals surface area contributed by atoms with Gasteiger partial charge in [0.1, 0.15) is 18.8 Å². The Balaban J connectivity index is 2.24. The van der Waals surface area contributed by atoms with Crippen molar-refractivity contribution in [3.05, 3.63) is 36.2 Å². The van der Waals surface area contributed by atoms with Gasteiger partial charge < -0.3 is 17.7 Å². The number of rotatable bonds is 4. The van der Waals surface area contributed by atoms with E-state index in [1.807, 2.05) is 0 Å². The number of aromatic nitrogens is 3. The number of nitrogens with zero attached hydrogens (tertiary/aromatic N) is 3. The molecule has 0 unspecified atom stereocenters. The fraction of sp³-hybridized carbons (Fsp3) is 0.200. The third-order valence-corrected chi connectivity index (χ3v) is 2.49. The van der Waals surface area contributed by atoms with Crippen molar-refractivity contribution in [2.45, 2.75) is 6.61 Å². The second-order valence-electron chi connectivity index (χ2n) is 3.85. The molecule has 0 saturated heterocycles. The van der Waals surface area contributed by atoms with Crippen LogP contribution in [0.15, 0.2) is 24.5 Å². The average Bonchev–Trinajstić information content (AvgIpc) is 2.70. The summed E-state index contributed by atoms with van der Waals surface area (Å²) < 4.78 is 57.6. The van der Waals surface area contributed by atoms with Crippen molar-refractivity contribution in [3.63, 3.8) is 0 Å². The first-order valence-corrected chi connectivity index (χ1v) is 5.33. The third-order valence-electron chi connectivity index (χ3n) is 2.49. The quantitative estimate of drug-likeness (QED) is 0.627. The lowest BCUT2D eigenvalue weighted by Gasteiger charge is -2.19. The predicted octanol–water partition coefficient (Wildman–Crippen LogP) is 1.59. The first-order chi connectivity index (χ1) is 8.88. The van der Waals surface area contributed by atoms with Crippen LogP contribution in [-0.2, 0) is 13.7 Å². The zero-order valence-corrected chi connectivity index (χ0v) is 9.86. The van der Waals surface area contributed by atoms with Gasteiger partial charge in [-0.25, -0.2) is 9.37 Å². The Morgan fingerprint density at radius 2 is 2.05 bits per heavy atom. The molecular weight excluding hydrogens is 265 g/mol. The minimum atomic E-state index is -5.27. The molecule has 1 aromatic carbocycles. The maximum atomic E-state index is 13.0. The minimum absolute atomic E-state index is 0.223. The van der Waals surface area contributed by atoms with Crippen molar-refractivity contribution in [1.82, 2.24) is 14.8 Å². The summed E-state index contributed by atoms with van der Waals surface area (Å²) >= 11 is 0. The molecule has 1 heterocycles. The van der Waals surface area contributed by atoms with Crippen LogP contribution in [0.4, 0.5) is 17.3 Å². The van der Waals surface area contributed by atoms with E-state index in [2.05, 4.69) is 10.1 Å². The van der Waals surface area contributed by atoms with E-state index in [-0.39, 0.29) is 6.61 Å². The summed E-state index contributed by atoms with van der Waals surface area (Å²) in [6, 6.07) is 2.13. The first-order valence-electron chi connectivity index (χ1n) is 5.33. The molecule has 0 amide bonds. The van der Waals surface area contributed by atoms with Crippen LogP contribution in [0.3, 0.4) is 0 Å². The third kappa shape index (κ3) is 3.04. The molecule has 2 aromatic rings. The molecule has 19 heavy (non-hydrogen) atoms. The van der Waals surface area contributed by atoms with Crippen LogP contribution in [0.25, 0.3) is 0 Å². The fourth-order valence-electron chi connectivity index (χ4n) is 1.50.